The van der Waals surface area contributed by atoms with Gasteiger partial charge in [-0.3, -0.25) is 4.68 Å². The fourth-order valence-electron chi connectivity index (χ4n) is 2.44. The first-order valence-corrected chi connectivity index (χ1v) is 6.93. The van der Waals surface area contributed by atoms with Crippen molar-refractivity contribution in [3.63, 3.8) is 0 Å². The Morgan fingerprint density at radius 2 is 1.95 bits per heavy atom. The van der Waals surface area contributed by atoms with Crippen molar-refractivity contribution in [2.45, 2.75) is 26.8 Å². The van der Waals surface area contributed by atoms with Crippen molar-refractivity contribution in [2.24, 2.45) is 7.05 Å². The molecule has 2 aromatic rings. The number of nitrogens with one attached hydrogen (secondary N) is 1. The van der Waals surface area contributed by atoms with Gasteiger partial charge < -0.3 is 10.2 Å². The minimum Gasteiger partial charge on any atom is -0.378 e. The molecule has 0 fully saturated rings. The van der Waals surface area contributed by atoms with E-state index in [-0.39, 0.29) is 6.04 Å². The molecule has 4 nitrogen and oxygen atoms in total. The Morgan fingerprint density at radius 1 is 1.25 bits per heavy atom. The summed E-state index contributed by atoms with van der Waals surface area (Å²) in [6, 6.07) is 6.73. The van der Waals surface area contributed by atoms with Gasteiger partial charge in [-0.05, 0) is 44.5 Å². The third kappa shape index (κ3) is 2.95. The predicted octanol–water partition coefficient (Wildman–Crippen LogP) is 3.28. The lowest BCUT2D eigenvalue weighted by molar-refractivity contribution is 0.756. The highest BCUT2D eigenvalue weighted by Crippen LogP contribution is 2.26. The standard InChI is InChI=1S/C16H24N4/c1-11-9-14(19(4)5)7-8-16(11)17-12(2)15-10-20(6)18-13(15)3/h7-10,12,17H,1-6H3. The van der Waals surface area contributed by atoms with Gasteiger partial charge in [0.1, 0.15) is 0 Å². The van der Waals surface area contributed by atoms with Crippen LogP contribution in [0.25, 0.3) is 0 Å². The van der Waals surface area contributed by atoms with Crippen LogP contribution in [0.4, 0.5) is 11.4 Å². The van der Waals surface area contributed by atoms with Gasteiger partial charge in [0.15, 0.2) is 0 Å². The Hall–Kier alpha value is -1.97. The largest absolute Gasteiger partial charge is 0.378 e. The van der Waals surface area contributed by atoms with Gasteiger partial charge in [-0.15, -0.1) is 0 Å². The Kier molecular flexibility index (Phi) is 4.02. The molecular weight excluding hydrogens is 248 g/mol. The molecule has 0 aliphatic heterocycles. The van der Waals surface area contributed by atoms with Gasteiger partial charge in [0.05, 0.1) is 11.7 Å². The van der Waals surface area contributed by atoms with Gasteiger partial charge >= 0.3 is 0 Å². The lowest BCUT2D eigenvalue weighted by Gasteiger charge is -2.19. The Bertz CT molecular complexity index is 599. The second kappa shape index (κ2) is 5.57. The summed E-state index contributed by atoms with van der Waals surface area (Å²) in [4.78, 5) is 2.12. The van der Waals surface area contributed by atoms with Crippen LogP contribution in [0, 0.1) is 13.8 Å². The maximum absolute atomic E-state index is 4.40. The molecule has 1 N–H and O–H groups in total. The van der Waals surface area contributed by atoms with E-state index in [1.165, 1.54) is 22.5 Å². The molecule has 1 unspecified atom stereocenters. The number of benzene rings is 1. The minimum absolute atomic E-state index is 0.243. The highest BCUT2D eigenvalue weighted by Gasteiger charge is 2.12. The number of aromatic nitrogens is 2. The molecule has 0 amide bonds. The van der Waals surface area contributed by atoms with E-state index in [1.54, 1.807) is 0 Å². The van der Waals surface area contributed by atoms with E-state index < -0.39 is 0 Å². The summed E-state index contributed by atoms with van der Waals surface area (Å²) in [6.07, 6.45) is 2.08. The summed E-state index contributed by atoms with van der Waals surface area (Å²) in [6.45, 7) is 6.36. The van der Waals surface area contributed by atoms with Crippen LogP contribution in [0.1, 0.15) is 29.8 Å². The van der Waals surface area contributed by atoms with Gasteiger partial charge in [-0.1, -0.05) is 0 Å². The van der Waals surface area contributed by atoms with Crippen LogP contribution in [0.15, 0.2) is 24.4 Å². The van der Waals surface area contributed by atoms with Crippen LogP contribution >= 0.6 is 0 Å². The fourth-order valence-corrected chi connectivity index (χ4v) is 2.44. The molecular formula is C16H24N4. The van der Waals surface area contributed by atoms with Crippen LogP contribution < -0.4 is 10.2 Å². The summed E-state index contributed by atoms with van der Waals surface area (Å²) in [7, 11) is 6.08. The first-order valence-electron chi connectivity index (χ1n) is 6.93. The van der Waals surface area contributed by atoms with Crippen LogP contribution in [-0.2, 0) is 7.05 Å². The van der Waals surface area contributed by atoms with Gasteiger partial charge in [0.2, 0.25) is 0 Å². The Morgan fingerprint density at radius 3 is 2.45 bits per heavy atom. The van der Waals surface area contributed by atoms with E-state index in [1.807, 2.05) is 11.7 Å². The number of anilines is 2. The highest BCUT2D eigenvalue weighted by molar-refractivity contribution is 5.60. The number of hydrogen-bond acceptors (Lipinski definition) is 3. The zero-order chi connectivity index (χ0) is 14.9. The fraction of sp³-hybridized carbons (Fsp3) is 0.438. The first-order chi connectivity index (χ1) is 9.38. The molecule has 1 atom stereocenters. The molecule has 0 saturated heterocycles. The van der Waals surface area contributed by atoms with Gasteiger partial charge in [-0.25, -0.2) is 0 Å². The Labute approximate surface area is 121 Å². The van der Waals surface area contributed by atoms with Crippen molar-refractivity contribution in [1.82, 2.24) is 9.78 Å². The van der Waals surface area contributed by atoms with Crippen LogP contribution in [0.5, 0.6) is 0 Å². The van der Waals surface area contributed by atoms with Gasteiger partial charge in [-0.2, -0.15) is 5.10 Å². The van der Waals surface area contributed by atoms with E-state index in [4.69, 9.17) is 0 Å². The van der Waals surface area contributed by atoms with Crippen molar-refractivity contribution >= 4 is 11.4 Å². The van der Waals surface area contributed by atoms with Gasteiger partial charge in [0, 0.05) is 44.3 Å². The summed E-state index contributed by atoms with van der Waals surface area (Å²) in [5, 5.41) is 7.98. The average molecular weight is 272 g/mol. The number of hydrogen-bond donors (Lipinski definition) is 1. The molecule has 108 valence electrons. The molecule has 0 bridgehead atoms. The van der Waals surface area contributed by atoms with E-state index in [9.17, 15) is 0 Å². The first kappa shape index (κ1) is 14.4. The van der Waals surface area contributed by atoms with Crippen molar-refractivity contribution in [3.05, 3.63) is 41.2 Å². The van der Waals surface area contributed by atoms with Crippen molar-refractivity contribution in [1.29, 1.82) is 0 Å². The van der Waals surface area contributed by atoms with Crippen molar-refractivity contribution in [2.75, 3.05) is 24.3 Å². The second-order valence-electron chi connectivity index (χ2n) is 5.60. The van der Waals surface area contributed by atoms with E-state index in [2.05, 4.69) is 74.6 Å². The molecule has 1 heterocycles. The Balaban J connectivity index is 2.19. The zero-order valence-corrected chi connectivity index (χ0v) is 13.2. The number of aryl methyl sites for hydroxylation is 3. The average Bonchev–Trinajstić information content (AvgIpc) is 2.70. The van der Waals surface area contributed by atoms with Crippen LogP contribution in [-0.4, -0.2) is 23.9 Å². The monoisotopic (exact) mass is 272 g/mol. The highest BCUT2D eigenvalue weighted by atomic mass is 15.3. The minimum atomic E-state index is 0.243. The maximum Gasteiger partial charge on any atom is 0.0646 e. The lowest BCUT2D eigenvalue weighted by atomic mass is 10.1. The quantitative estimate of drug-likeness (QED) is 0.927. The van der Waals surface area contributed by atoms with Crippen LogP contribution in [0.2, 0.25) is 0 Å². The second-order valence-corrected chi connectivity index (χ2v) is 5.60. The van der Waals surface area contributed by atoms with E-state index in [0.29, 0.717) is 0 Å². The molecule has 20 heavy (non-hydrogen) atoms. The molecule has 0 aliphatic carbocycles. The summed E-state index contributed by atoms with van der Waals surface area (Å²) in [5.41, 5.74) is 5.97. The summed E-state index contributed by atoms with van der Waals surface area (Å²) < 4.78 is 1.87. The third-order valence-corrected chi connectivity index (χ3v) is 3.62. The number of rotatable bonds is 4. The van der Waals surface area contributed by atoms with Crippen LogP contribution in [0.3, 0.4) is 0 Å². The topological polar surface area (TPSA) is 33.1 Å². The van der Waals surface area contributed by atoms with Crippen molar-refractivity contribution in [3.8, 4) is 0 Å². The van der Waals surface area contributed by atoms with Gasteiger partial charge in [0.25, 0.3) is 0 Å². The molecule has 0 spiro atoms. The smallest absolute Gasteiger partial charge is 0.0646 e. The normalized spacial score (nSPS) is 12.3. The predicted molar refractivity (Wildman–Crippen MR) is 85.5 cm³/mol. The van der Waals surface area contributed by atoms with E-state index in [0.717, 1.165) is 5.69 Å². The third-order valence-electron chi connectivity index (χ3n) is 3.62. The molecule has 0 radical (unpaired) electrons. The summed E-state index contributed by atoms with van der Waals surface area (Å²) >= 11 is 0. The van der Waals surface area contributed by atoms with Crippen molar-refractivity contribution < 1.29 is 0 Å². The molecule has 1 aromatic carbocycles. The molecule has 2 rings (SSSR count). The number of nitrogens with zero attached hydrogens (tertiary/aromatic N) is 3. The zero-order valence-electron chi connectivity index (χ0n) is 13.2. The molecule has 4 heteroatoms. The SMILES string of the molecule is Cc1cc(N(C)C)ccc1NC(C)c1cn(C)nc1C. The lowest BCUT2D eigenvalue weighted by Crippen LogP contribution is -2.11. The molecule has 1 aromatic heterocycles. The molecule has 0 saturated carbocycles. The molecule has 0 aliphatic rings. The summed E-state index contributed by atoms with van der Waals surface area (Å²) in [5.74, 6) is 0. The maximum atomic E-state index is 4.40. The van der Waals surface area contributed by atoms with E-state index >= 15 is 0 Å².